The van der Waals surface area contributed by atoms with Crippen LogP contribution < -0.4 is 14.8 Å². The summed E-state index contributed by atoms with van der Waals surface area (Å²) in [6, 6.07) is 20.2. The predicted octanol–water partition coefficient (Wildman–Crippen LogP) is 5.55. The number of hydrogen-bond donors (Lipinski definition) is 1. The van der Waals surface area contributed by atoms with E-state index in [1.165, 1.54) is 12.1 Å². The first-order valence-electron chi connectivity index (χ1n) is 9.56. The Balaban J connectivity index is 1.84. The number of nitrogens with one attached hydrogen (secondary N) is 1. The standard InChI is InChI=1S/C24H25FN2O2S/c1-17-7-12-22(23(13-17)29-3)26-24(30)27(16-19-5-4-6-20(25)14-19)15-18-8-10-21(28-2)11-9-18/h4-14H,15-16H2,1-3H3,(H,26,30). The second-order valence-electron chi connectivity index (χ2n) is 6.97. The lowest BCUT2D eigenvalue weighted by atomic mass is 10.1. The zero-order valence-corrected chi connectivity index (χ0v) is 18.1. The van der Waals surface area contributed by atoms with E-state index in [1.807, 2.05) is 60.4 Å². The van der Waals surface area contributed by atoms with E-state index in [0.29, 0.717) is 24.0 Å². The molecule has 30 heavy (non-hydrogen) atoms. The average Bonchev–Trinajstić information content (AvgIpc) is 2.75. The fourth-order valence-electron chi connectivity index (χ4n) is 3.10. The predicted molar refractivity (Wildman–Crippen MR) is 123 cm³/mol. The maximum absolute atomic E-state index is 13.7. The summed E-state index contributed by atoms with van der Waals surface area (Å²) in [5.41, 5.74) is 3.78. The maximum atomic E-state index is 13.7. The molecule has 0 spiro atoms. The van der Waals surface area contributed by atoms with E-state index in [0.717, 1.165) is 28.1 Å². The van der Waals surface area contributed by atoms with Crippen LogP contribution in [0.3, 0.4) is 0 Å². The molecule has 0 fully saturated rings. The van der Waals surface area contributed by atoms with Crippen molar-refractivity contribution in [3.8, 4) is 11.5 Å². The number of benzene rings is 3. The molecule has 3 aromatic carbocycles. The molecule has 0 radical (unpaired) electrons. The molecule has 0 saturated carbocycles. The summed E-state index contributed by atoms with van der Waals surface area (Å²) in [6.45, 7) is 3.02. The highest BCUT2D eigenvalue weighted by molar-refractivity contribution is 7.80. The topological polar surface area (TPSA) is 33.7 Å². The van der Waals surface area contributed by atoms with Gasteiger partial charge in [-0.05, 0) is 72.2 Å². The number of ether oxygens (including phenoxy) is 2. The van der Waals surface area contributed by atoms with Gasteiger partial charge in [0.2, 0.25) is 0 Å². The quantitative estimate of drug-likeness (QED) is 0.503. The summed E-state index contributed by atoms with van der Waals surface area (Å²) in [6.07, 6.45) is 0. The average molecular weight is 425 g/mol. The number of rotatable bonds is 7. The van der Waals surface area contributed by atoms with Crippen LogP contribution in [0.5, 0.6) is 11.5 Å². The normalized spacial score (nSPS) is 10.4. The van der Waals surface area contributed by atoms with Gasteiger partial charge < -0.3 is 19.7 Å². The molecule has 0 aliphatic carbocycles. The largest absolute Gasteiger partial charge is 0.497 e. The van der Waals surface area contributed by atoms with E-state index in [2.05, 4.69) is 5.32 Å². The van der Waals surface area contributed by atoms with Crippen LogP contribution in [0.15, 0.2) is 66.7 Å². The van der Waals surface area contributed by atoms with Gasteiger partial charge in [0.15, 0.2) is 5.11 Å². The lowest BCUT2D eigenvalue weighted by molar-refractivity contribution is 0.405. The van der Waals surface area contributed by atoms with Crippen molar-refractivity contribution < 1.29 is 13.9 Å². The van der Waals surface area contributed by atoms with Gasteiger partial charge in [0.25, 0.3) is 0 Å². The molecule has 0 unspecified atom stereocenters. The van der Waals surface area contributed by atoms with Crippen molar-refractivity contribution in [2.75, 3.05) is 19.5 Å². The smallest absolute Gasteiger partial charge is 0.174 e. The van der Waals surface area contributed by atoms with Crippen LogP contribution in [0.2, 0.25) is 0 Å². The van der Waals surface area contributed by atoms with E-state index in [1.54, 1.807) is 20.3 Å². The van der Waals surface area contributed by atoms with E-state index in [4.69, 9.17) is 21.7 Å². The van der Waals surface area contributed by atoms with E-state index >= 15 is 0 Å². The van der Waals surface area contributed by atoms with Crippen molar-refractivity contribution in [1.29, 1.82) is 0 Å². The Kier molecular flexibility index (Phi) is 7.25. The summed E-state index contributed by atoms with van der Waals surface area (Å²) in [5.74, 6) is 1.24. The minimum Gasteiger partial charge on any atom is -0.497 e. The van der Waals surface area contributed by atoms with Crippen molar-refractivity contribution in [2.24, 2.45) is 0 Å². The summed E-state index contributed by atoms with van der Waals surface area (Å²) < 4.78 is 24.4. The molecule has 0 saturated heterocycles. The first-order chi connectivity index (χ1) is 14.5. The fourth-order valence-corrected chi connectivity index (χ4v) is 3.34. The Labute approximate surface area is 182 Å². The zero-order valence-electron chi connectivity index (χ0n) is 17.3. The molecule has 3 rings (SSSR count). The van der Waals surface area contributed by atoms with Gasteiger partial charge in [0.1, 0.15) is 17.3 Å². The highest BCUT2D eigenvalue weighted by Gasteiger charge is 2.14. The molecule has 0 aromatic heterocycles. The number of halogens is 1. The number of anilines is 1. The minimum atomic E-state index is -0.268. The van der Waals surface area contributed by atoms with Crippen molar-refractivity contribution in [2.45, 2.75) is 20.0 Å². The Morgan fingerprint density at radius 2 is 1.67 bits per heavy atom. The maximum Gasteiger partial charge on any atom is 0.174 e. The molecule has 3 aromatic rings. The summed E-state index contributed by atoms with van der Waals surface area (Å²) in [4.78, 5) is 1.99. The van der Waals surface area contributed by atoms with Gasteiger partial charge in [0, 0.05) is 13.1 Å². The van der Waals surface area contributed by atoms with Crippen molar-refractivity contribution >= 4 is 23.0 Å². The molecular weight excluding hydrogens is 399 g/mol. The number of methoxy groups -OCH3 is 2. The Bertz CT molecular complexity index is 1010. The highest BCUT2D eigenvalue weighted by Crippen LogP contribution is 2.26. The third kappa shape index (κ3) is 5.70. The molecule has 0 bridgehead atoms. The van der Waals surface area contributed by atoms with Gasteiger partial charge in [-0.2, -0.15) is 0 Å². The second kappa shape index (κ2) is 10.1. The fraction of sp³-hybridized carbons (Fsp3) is 0.208. The van der Waals surface area contributed by atoms with Gasteiger partial charge in [-0.15, -0.1) is 0 Å². The zero-order chi connectivity index (χ0) is 21.5. The molecule has 156 valence electrons. The lowest BCUT2D eigenvalue weighted by Crippen LogP contribution is -2.34. The van der Waals surface area contributed by atoms with Gasteiger partial charge >= 0.3 is 0 Å². The minimum absolute atomic E-state index is 0.268. The van der Waals surface area contributed by atoms with Crippen molar-refractivity contribution in [3.05, 3.63) is 89.2 Å². The van der Waals surface area contributed by atoms with Crippen LogP contribution in [-0.2, 0) is 13.1 Å². The van der Waals surface area contributed by atoms with E-state index in [9.17, 15) is 4.39 Å². The van der Waals surface area contributed by atoms with Gasteiger partial charge in [-0.1, -0.05) is 30.3 Å². The van der Waals surface area contributed by atoms with Crippen LogP contribution in [0.4, 0.5) is 10.1 Å². The summed E-state index contributed by atoms with van der Waals surface area (Å²) in [7, 11) is 3.27. The van der Waals surface area contributed by atoms with Crippen LogP contribution >= 0.6 is 12.2 Å². The first kappa shape index (κ1) is 21.6. The third-order valence-corrected chi connectivity index (χ3v) is 5.04. The van der Waals surface area contributed by atoms with E-state index < -0.39 is 0 Å². The van der Waals surface area contributed by atoms with Crippen LogP contribution in [0, 0.1) is 12.7 Å². The first-order valence-corrected chi connectivity index (χ1v) is 9.97. The molecule has 0 amide bonds. The number of aryl methyl sites for hydroxylation is 1. The molecule has 0 aliphatic rings. The Morgan fingerprint density at radius 3 is 2.33 bits per heavy atom. The monoisotopic (exact) mass is 424 g/mol. The van der Waals surface area contributed by atoms with Crippen molar-refractivity contribution in [3.63, 3.8) is 0 Å². The molecule has 1 N–H and O–H groups in total. The lowest BCUT2D eigenvalue weighted by Gasteiger charge is -2.27. The molecule has 0 heterocycles. The van der Waals surface area contributed by atoms with Gasteiger partial charge in [-0.3, -0.25) is 0 Å². The summed E-state index contributed by atoms with van der Waals surface area (Å²) >= 11 is 5.72. The van der Waals surface area contributed by atoms with Crippen molar-refractivity contribution in [1.82, 2.24) is 4.90 Å². The molecule has 6 heteroatoms. The number of thiocarbonyl (C=S) groups is 1. The van der Waals surface area contributed by atoms with Gasteiger partial charge in [0.05, 0.1) is 19.9 Å². The van der Waals surface area contributed by atoms with Gasteiger partial charge in [-0.25, -0.2) is 4.39 Å². The highest BCUT2D eigenvalue weighted by atomic mass is 32.1. The molecule has 0 atom stereocenters. The SMILES string of the molecule is COc1ccc(CN(Cc2cccc(F)c2)C(=S)Nc2ccc(C)cc2OC)cc1. The Hall–Kier alpha value is -3.12. The van der Waals surface area contributed by atoms with Crippen LogP contribution in [-0.4, -0.2) is 24.2 Å². The van der Waals surface area contributed by atoms with Crippen LogP contribution in [0.1, 0.15) is 16.7 Å². The Morgan fingerprint density at radius 1 is 0.933 bits per heavy atom. The molecule has 4 nitrogen and oxygen atoms in total. The van der Waals surface area contributed by atoms with E-state index in [-0.39, 0.29) is 5.82 Å². The summed E-state index contributed by atoms with van der Waals surface area (Å²) in [5, 5.41) is 3.81. The molecular formula is C24H25FN2O2S. The van der Waals surface area contributed by atoms with Crippen LogP contribution in [0.25, 0.3) is 0 Å². The second-order valence-corrected chi connectivity index (χ2v) is 7.35. The third-order valence-electron chi connectivity index (χ3n) is 4.68. The molecule has 0 aliphatic heterocycles. The number of hydrogen-bond acceptors (Lipinski definition) is 3. The number of nitrogens with zero attached hydrogens (tertiary/aromatic N) is 1.